The molecule has 0 spiro atoms. The second-order valence-electron chi connectivity index (χ2n) is 9.48. The maximum Gasteiger partial charge on any atom is 0.257 e. The van der Waals surface area contributed by atoms with Gasteiger partial charge in [-0.1, -0.05) is 67.9 Å². The van der Waals surface area contributed by atoms with E-state index in [9.17, 15) is 9.59 Å². The monoisotopic (exact) mass is 534 g/mol. The first-order valence-electron chi connectivity index (χ1n) is 12.4. The van der Waals surface area contributed by atoms with Crippen LogP contribution in [0.15, 0.2) is 72.8 Å². The molecule has 2 N–H and O–H groups in total. The Labute approximate surface area is 228 Å². The summed E-state index contributed by atoms with van der Waals surface area (Å²) in [5, 5.41) is 6.53. The molecular formula is C29H31ClN4O2S. The fourth-order valence-corrected chi connectivity index (χ4v) is 4.81. The van der Waals surface area contributed by atoms with Crippen LogP contribution in [0.3, 0.4) is 0 Å². The van der Waals surface area contributed by atoms with Gasteiger partial charge in [-0.15, -0.1) is 0 Å². The van der Waals surface area contributed by atoms with E-state index in [1.807, 2.05) is 59.5 Å². The van der Waals surface area contributed by atoms with Gasteiger partial charge >= 0.3 is 0 Å². The fraction of sp³-hybridized carbons (Fsp3) is 0.276. The molecule has 192 valence electrons. The second kappa shape index (κ2) is 12.2. The summed E-state index contributed by atoms with van der Waals surface area (Å²) in [5.41, 5.74) is 4.24. The Morgan fingerprint density at radius 1 is 0.919 bits per heavy atom. The highest BCUT2D eigenvalue weighted by Gasteiger charge is 2.23. The van der Waals surface area contributed by atoms with Crippen molar-refractivity contribution < 1.29 is 9.59 Å². The lowest BCUT2D eigenvalue weighted by atomic mass is 10.0. The number of carbonyl (C=O) groups excluding carboxylic acids is 2. The molecule has 0 aliphatic carbocycles. The van der Waals surface area contributed by atoms with Crippen LogP contribution in [0.1, 0.15) is 30.6 Å². The molecule has 0 saturated carbocycles. The molecule has 3 aromatic carbocycles. The van der Waals surface area contributed by atoms with Crippen molar-refractivity contribution in [2.24, 2.45) is 5.92 Å². The van der Waals surface area contributed by atoms with E-state index in [4.69, 9.17) is 23.8 Å². The van der Waals surface area contributed by atoms with Crippen LogP contribution in [0, 0.1) is 5.92 Å². The van der Waals surface area contributed by atoms with Crippen molar-refractivity contribution in [2.45, 2.75) is 20.3 Å². The lowest BCUT2D eigenvalue weighted by Crippen LogP contribution is -2.49. The Bertz CT molecular complexity index is 1260. The number of nitrogens with zero attached hydrogens (tertiary/aromatic N) is 2. The van der Waals surface area contributed by atoms with Crippen molar-refractivity contribution in [1.29, 1.82) is 0 Å². The van der Waals surface area contributed by atoms with Gasteiger partial charge in [0.05, 0.1) is 10.7 Å². The molecule has 37 heavy (non-hydrogen) atoms. The van der Waals surface area contributed by atoms with Gasteiger partial charge in [0.1, 0.15) is 0 Å². The molecule has 4 rings (SSSR count). The highest BCUT2D eigenvalue weighted by molar-refractivity contribution is 7.80. The third-order valence-corrected chi connectivity index (χ3v) is 6.75. The molecule has 3 aromatic rings. The van der Waals surface area contributed by atoms with E-state index in [0.717, 1.165) is 29.9 Å². The van der Waals surface area contributed by atoms with Crippen LogP contribution in [0.2, 0.25) is 5.02 Å². The first-order valence-corrected chi connectivity index (χ1v) is 13.2. The lowest BCUT2D eigenvalue weighted by Gasteiger charge is -2.37. The van der Waals surface area contributed by atoms with Crippen molar-refractivity contribution in [3.05, 3.63) is 83.4 Å². The number of benzene rings is 3. The van der Waals surface area contributed by atoms with Crippen molar-refractivity contribution in [2.75, 3.05) is 36.4 Å². The normalized spacial score (nSPS) is 13.4. The van der Waals surface area contributed by atoms with E-state index in [-0.39, 0.29) is 16.9 Å². The summed E-state index contributed by atoms with van der Waals surface area (Å²) in [4.78, 5) is 29.1. The molecule has 0 unspecified atom stereocenters. The minimum Gasteiger partial charge on any atom is -0.367 e. The van der Waals surface area contributed by atoms with Crippen molar-refractivity contribution in [1.82, 2.24) is 10.2 Å². The smallest absolute Gasteiger partial charge is 0.257 e. The number of hydrogen-bond donors (Lipinski definition) is 2. The number of nitrogens with one attached hydrogen (secondary N) is 2. The van der Waals surface area contributed by atoms with Crippen LogP contribution >= 0.6 is 23.8 Å². The summed E-state index contributed by atoms with van der Waals surface area (Å²) in [6.45, 7) is 6.95. The van der Waals surface area contributed by atoms with E-state index in [1.54, 1.807) is 18.2 Å². The van der Waals surface area contributed by atoms with Gasteiger partial charge in [-0.2, -0.15) is 0 Å². The Kier molecular flexibility index (Phi) is 8.79. The van der Waals surface area contributed by atoms with Gasteiger partial charge in [0.25, 0.3) is 5.91 Å². The summed E-state index contributed by atoms with van der Waals surface area (Å²) >= 11 is 11.9. The van der Waals surface area contributed by atoms with Gasteiger partial charge in [-0.05, 0) is 59.6 Å². The number of anilines is 2. The standard InChI is InChI=1S/C29H31ClN4O2S/c1-20(2)18-27(35)34-16-14-33(15-17-34)26-13-12-24(19-25(26)30)31-29(37)32-28(36)23-10-8-22(9-11-23)21-6-4-3-5-7-21/h3-13,19-20H,14-18H2,1-2H3,(H2,31,32,36,37). The SMILES string of the molecule is CC(C)CC(=O)N1CCN(c2ccc(NC(=S)NC(=O)c3ccc(-c4ccccc4)cc3)cc2Cl)CC1. The Hall–Kier alpha value is -3.42. The van der Waals surface area contributed by atoms with Crippen LogP contribution in [0.4, 0.5) is 11.4 Å². The third kappa shape index (κ3) is 7.08. The number of amides is 2. The molecule has 0 bridgehead atoms. The van der Waals surface area contributed by atoms with Gasteiger partial charge in [0, 0.05) is 43.9 Å². The highest BCUT2D eigenvalue weighted by Crippen LogP contribution is 2.30. The molecule has 6 nitrogen and oxygen atoms in total. The average Bonchev–Trinajstić information content (AvgIpc) is 2.89. The minimum absolute atomic E-state index is 0.193. The number of carbonyl (C=O) groups is 2. The molecule has 1 heterocycles. The average molecular weight is 535 g/mol. The van der Waals surface area contributed by atoms with E-state index < -0.39 is 0 Å². The first kappa shape index (κ1) is 26.6. The van der Waals surface area contributed by atoms with Crippen molar-refractivity contribution in [3.8, 4) is 11.1 Å². The van der Waals surface area contributed by atoms with Crippen LogP contribution in [-0.2, 0) is 4.79 Å². The van der Waals surface area contributed by atoms with E-state index in [0.29, 0.717) is 41.7 Å². The molecule has 1 aliphatic rings. The molecule has 0 atom stereocenters. The molecule has 1 fully saturated rings. The van der Waals surface area contributed by atoms with E-state index in [1.165, 1.54) is 0 Å². The number of hydrogen-bond acceptors (Lipinski definition) is 4. The Morgan fingerprint density at radius 3 is 2.19 bits per heavy atom. The van der Waals surface area contributed by atoms with Gasteiger partial charge in [0.15, 0.2) is 5.11 Å². The Morgan fingerprint density at radius 2 is 1.57 bits per heavy atom. The third-order valence-electron chi connectivity index (χ3n) is 6.24. The van der Waals surface area contributed by atoms with Crippen molar-refractivity contribution >= 4 is 52.1 Å². The summed E-state index contributed by atoms with van der Waals surface area (Å²) in [6.07, 6.45) is 0.580. The number of piperazine rings is 1. The molecule has 8 heteroatoms. The largest absolute Gasteiger partial charge is 0.367 e. The van der Waals surface area contributed by atoms with Crippen LogP contribution in [-0.4, -0.2) is 48.0 Å². The zero-order valence-corrected chi connectivity index (χ0v) is 22.6. The van der Waals surface area contributed by atoms with Crippen LogP contribution in [0.5, 0.6) is 0 Å². The lowest BCUT2D eigenvalue weighted by molar-refractivity contribution is -0.132. The predicted octanol–water partition coefficient (Wildman–Crippen LogP) is 5.83. The number of halogens is 1. The van der Waals surface area contributed by atoms with Gasteiger partial charge in [-0.25, -0.2) is 0 Å². The highest BCUT2D eigenvalue weighted by atomic mass is 35.5. The van der Waals surface area contributed by atoms with Crippen LogP contribution in [0.25, 0.3) is 11.1 Å². The topological polar surface area (TPSA) is 64.7 Å². The van der Waals surface area contributed by atoms with Gasteiger partial charge < -0.3 is 15.1 Å². The molecule has 2 amide bonds. The summed E-state index contributed by atoms with van der Waals surface area (Å²) < 4.78 is 0. The number of rotatable bonds is 6. The maximum atomic E-state index is 12.7. The second-order valence-corrected chi connectivity index (χ2v) is 10.3. The maximum absolute atomic E-state index is 12.7. The van der Waals surface area contributed by atoms with E-state index in [2.05, 4.69) is 29.4 Å². The summed E-state index contributed by atoms with van der Waals surface area (Å²) in [7, 11) is 0. The molecule has 0 radical (unpaired) electrons. The van der Waals surface area contributed by atoms with Crippen molar-refractivity contribution in [3.63, 3.8) is 0 Å². The number of thiocarbonyl (C=S) groups is 1. The minimum atomic E-state index is -0.287. The van der Waals surface area contributed by atoms with Gasteiger partial charge in [-0.3, -0.25) is 14.9 Å². The molecule has 1 saturated heterocycles. The van der Waals surface area contributed by atoms with E-state index >= 15 is 0 Å². The zero-order valence-electron chi connectivity index (χ0n) is 21.0. The summed E-state index contributed by atoms with van der Waals surface area (Å²) in [6, 6.07) is 23.0. The first-order chi connectivity index (χ1) is 17.8. The molecular weight excluding hydrogens is 504 g/mol. The Balaban J connectivity index is 1.30. The predicted molar refractivity (Wildman–Crippen MR) is 155 cm³/mol. The molecule has 0 aromatic heterocycles. The zero-order chi connectivity index (χ0) is 26.4. The summed E-state index contributed by atoms with van der Waals surface area (Å²) in [5.74, 6) is 0.281. The van der Waals surface area contributed by atoms with Crippen LogP contribution < -0.4 is 15.5 Å². The quantitative estimate of drug-likeness (QED) is 0.390. The molecule has 1 aliphatic heterocycles. The fourth-order valence-electron chi connectivity index (χ4n) is 4.30. The van der Waals surface area contributed by atoms with Gasteiger partial charge in [0.2, 0.25) is 5.91 Å².